The number of morpholine rings is 1. The number of anilines is 1. The van der Waals surface area contributed by atoms with E-state index in [2.05, 4.69) is 14.9 Å². The van der Waals surface area contributed by atoms with E-state index in [4.69, 9.17) is 10.5 Å². The standard InChI is InChI=1S/C12H20N4O2/c1-7(2)9-10(13)14-11(15-12(9)17)8-6-16(3)4-5-18-8/h7-8H,4-6H2,1-3H3,(H3,13,14,15,17). The normalized spacial score (nSPS) is 21.4. The van der Waals surface area contributed by atoms with Gasteiger partial charge >= 0.3 is 0 Å². The van der Waals surface area contributed by atoms with E-state index in [-0.39, 0.29) is 17.6 Å². The minimum Gasteiger partial charge on any atom is -0.383 e. The fourth-order valence-corrected chi connectivity index (χ4v) is 2.17. The van der Waals surface area contributed by atoms with Gasteiger partial charge in [-0.05, 0) is 13.0 Å². The van der Waals surface area contributed by atoms with Crippen LogP contribution in [0.4, 0.5) is 5.82 Å². The Hall–Kier alpha value is -1.40. The average Bonchev–Trinajstić information content (AvgIpc) is 2.27. The van der Waals surface area contributed by atoms with Crippen LogP contribution in [0.5, 0.6) is 0 Å². The van der Waals surface area contributed by atoms with Crippen molar-refractivity contribution in [3.05, 3.63) is 21.7 Å². The van der Waals surface area contributed by atoms with E-state index in [1.54, 1.807) is 0 Å². The molecule has 0 radical (unpaired) electrons. The minimum atomic E-state index is -0.208. The highest BCUT2D eigenvalue weighted by Crippen LogP contribution is 2.21. The molecule has 3 N–H and O–H groups in total. The maximum absolute atomic E-state index is 12.0. The minimum absolute atomic E-state index is 0.0604. The fraction of sp³-hybridized carbons (Fsp3) is 0.667. The summed E-state index contributed by atoms with van der Waals surface area (Å²) in [5, 5.41) is 0. The van der Waals surface area contributed by atoms with Crippen molar-refractivity contribution in [3.8, 4) is 0 Å². The number of H-pyrrole nitrogens is 1. The van der Waals surface area contributed by atoms with E-state index in [0.29, 0.717) is 30.4 Å². The van der Waals surface area contributed by atoms with Gasteiger partial charge in [0, 0.05) is 13.1 Å². The first-order valence-corrected chi connectivity index (χ1v) is 6.18. The summed E-state index contributed by atoms with van der Waals surface area (Å²) in [6.07, 6.45) is -0.208. The Labute approximate surface area is 106 Å². The zero-order valence-corrected chi connectivity index (χ0v) is 11.1. The zero-order chi connectivity index (χ0) is 13.3. The Morgan fingerprint density at radius 2 is 2.28 bits per heavy atom. The predicted octanol–water partition coefficient (Wildman–Crippen LogP) is 0.479. The summed E-state index contributed by atoms with van der Waals surface area (Å²) < 4.78 is 5.61. The summed E-state index contributed by atoms with van der Waals surface area (Å²) in [5.41, 5.74) is 6.25. The monoisotopic (exact) mass is 252 g/mol. The molecule has 1 unspecified atom stereocenters. The van der Waals surface area contributed by atoms with Gasteiger partial charge in [-0.3, -0.25) is 4.79 Å². The number of nitrogens with one attached hydrogen (secondary N) is 1. The van der Waals surface area contributed by atoms with Crippen molar-refractivity contribution in [2.75, 3.05) is 32.5 Å². The van der Waals surface area contributed by atoms with Crippen LogP contribution in [0.15, 0.2) is 4.79 Å². The zero-order valence-electron chi connectivity index (χ0n) is 11.1. The van der Waals surface area contributed by atoms with E-state index >= 15 is 0 Å². The Morgan fingerprint density at radius 3 is 2.83 bits per heavy atom. The molecule has 1 aliphatic heterocycles. The quantitative estimate of drug-likeness (QED) is 0.799. The van der Waals surface area contributed by atoms with Crippen LogP contribution in [0.3, 0.4) is 0 Å². The predicted molar refractivity (Wildman–Crippen MR) is 69.5 cm³/mol. The summed E-state index contributed by atoms with van der Waals surface area (Å²) >= 11 is 0. The van der Waals surface area contributed by atoms with Crippen LogP contribution in [0.2, 0.25) is 0 Å². The van der Waals surface area contributed by atoms with Gasteiger partial charge < -0.3 is 20.4 Å². The van der Waals surface area contributed by atoms with E-state index in [1.165, 1.54) is 0 Å². The molecule has 18 heavy (non-hydrogen) atoms. The van der Waals surface area contributed by atoms with Crippen molar-refractivity contribution in [2.45, 2.75) is 25.9 Å². The van der Waals surface area contributed by atoms with Gasteiger partial charge in [0.1, 0.15) is 17.7 Å². The number of hydrogen-bond acceptors (Lipinski definition) is 5. The first kappa shape index (κ1) is 13.0. The van der Waals surface area contributed by atoms with Crippen molar-refractivity contribution < 1.29 is 4.74 Å². The Bertz CT molecular complexity index is 483. The van der Waals surface area contributed by atoms with Crippen molar-refractivity contribution in [1.29, 1.82) is 0 Å². The molecule has 1 saturated heterocycles. The summed E-state index contributed by atoms with van der Waals surface area (Å²) in [6.45, 7) is 6.08. The van der Waals surface area contributed by atoms with Gasteiger partial charge in [0.05, 0.1) is 12.2 Å². The van der Waals surface area contributed by atoms with Gasteiger partial charge in [0.25, 0.3) is 5.56 Å². The maximum Gasteiger partial charge on any atom is 0.256 e. The van der Waals surface area contributed by atoms with Crippen molar-refractivity contribution in [3.63, 3.8) is 0 Å². The molecule has 1 aliphatic rings. The molecule has 6 nitrogen and oxygen atoms in total. The molecule has 0 aromatic carbocycles. The molecular weight excluding hydrogens is 232 g/mol. The third-order valence-electron chi connectivity index (χ3n) is 3.15. The average molecular weight is 252 g/mol. The number of aromatic amines is 1. The molecule has 1 atom stereocenters. The number of ether oxygens (including phenoxy) is 1. The largest absolute Gasteiger partial charge is 0.383 e. The van der Waals surface area contributed by atoms with Crippen LogP contribution in [-0.2, 0) is 4.74 Å². The lowest BCUT2D eigenvalue weighted by molar-refractivity contribution is -0.0255. The number of hydrogen-bond donors (Lipinski definition) is 2. The molecule has 100 valence electrons. The first-order chi connectivity index (χ1) is 8.49. The SMILES string of the molecule is CC(C)c1c(N)nc(C2CN(C)CCO2)[nH]c1=O. The van der Waals surface area contributed by atoms with Crippen LogP contribution in [0, 0.1) is 0 Å². The van der Waals surface area contributed by atoms with Gasteiger partial charge in [0.15, 0.2) is 0 Å². The van der Waals surface area contributed by atoms with Crippen LogP contribution in [-0.4, -0.2) is 41.6 Å². The summed E-state index contributed by atoms with van der Waals surface area (Å²) in [6, 6.07) is 0. The highest BCUT2D eigenvalue weighted by molar-refractivity contribution is 5.39. The van der Waals surface area contributed by atoms with E-state index in [9.17, 15) is 4.79 Å². The van der Waals surface area contributed by atoms with Gasteiger partial charge in [-0.2, -0.15) is 0 Å². The third kappa shape index (κ3) is 2.54. The van der Waals surface area contributed by atoms with Crippen molar-refractivity contribution >= 4 is 5.82 Å². The van der Waals surface area contributed by atoms with Gasteiger partial charge in [-0.25, -0.2) is 4.98 Å². The second kappa shape index (κ2) is 5.07. The lowest BCUT2D eigenvalue weighted by Gasteiger charge is -2.29. The summed E-state index contributed by atoms with van der Waals surface area (Å²) in [7, 11) is 2.01. The molecule has 0 saturated carbocycles. The molecule has 0 aliphatic carbocycles. The Balaban J connectivity index is 2.33. The Kier molecular flexibility index (Phi) is 3.68. The molecule has 2 heterocycles. The number of aromatic nitrogens is 2. The number of nitrogens with two attached hydrogens (primary N) is 1. The van der Waals surface area contributed by atoms with Gasteiger partial charge in [-0.15, -0.1) is 0 Å². The number of rotatable bonds is 2. The number of nitrogens with zero attached hydrogens (tertiary/aromatic N) is 2. The van der Waals surface area contributed by atoms with E-state index in [1.807, 2.05) is 20.9 Å². The molecule has 1 aromatic rings. The highest BCUT2D eigenvalue weighted by atomic mass is 16.5. The van der Waals surface area contributed by atoms with Crippen molar-refractivity contribution in [1.82, 2.24) is 14.9 Å². The Morgan fingerprint density at radius 1 is 1.56 bits per heavy atom. The topological polar surface area (TPSA) is 84.2 Å². The molecule has 2 rings (SSSR count). The molecule has 0 spiro atoms. The van der Waals surface area contributed by atoms with E-state index < -0.39 is 0 Å². The molecule has 0 bridgehead atoms. The molecule has 0 amide bonds. The molecule has 6 heteroatoms. The third-order valence-corrected chi connectivity index (χ3v) is 3.15. The van der Waals surface area contributed by atoms with Crippen LogP contribution in [0.1, 0.15) is 37.3 Å². The molecule has 1 aromatic heterocycles. The smallest absolute Gasteiger partial charge is 0.256 e. The number of likely N-dealkylation sites (N-methyl/N-ethyl adjacent to an activating group) is 1. The van der Waals surface area contributed by atoms with Crippen molar-refractivity contribution in [2.24, 2.45) is 0 Å². The molecular formula is C12H20N4O2. The second-order valence-electron chi connectivity index (χ2n) is 5.03. The highest BCUT2D eigenvalue weighted by Gasteiger charge is 2.23. The van der Waals surface area contributed by atoms with E-state index in [0.717, 1.165) is 6.54 Å². The lowest BCUT2D eigenvalue weighted by atomic mass is 10.1. The fourth-order valence-electron chi connectivity index (χ4n) is 2.17. The maximum atomic E-state index is 12.0. The van der Waals surface area contributed by atoms with Crippen LogP contribution < -0.4 is 11.3 Å². The number of nitrogen functional groups attached to an aromatic ring is 1. The van der Waals surface area contributed by atoms with Crippen LogP contribution in [0.25, 0.3) is 0 Å². The van der Waals surface area contributed by atoms with Gasteiger partial charge in [-0.1, -0.05) is 13.8 Å². The summed E-state index contributed by atoms with van der Waals surface area (Å²) in [4.78, 5) is 21.2. The molecule has 1 fully saturated rings. The first-order valence-electron chi connectivity index (χ1n) is 6.18. The second-order valence-corrected chi connectivity index (χ2v) is 5.03. The van der Waals surface area contributed by atoms with Crippen LogP contribution >= 0.6 is 0 Å². The van der Waals surface area contributed by atoms with Gasteiger partial charge in [0.2, 0.25) is 0 Å². The lowest BCUT2D eigenvalue weighted by Crippen LogP contribution is -2.37. The summed E-state index contributed by atoms with van der Waals surface area (Å²) in [5.74, 6) is 0.888.